The lowest BCUT2D eigenvalue weighted by Crippen LogP contribution is -2.60. The van der Waals surface area contributed by atoms with Crippen LogP contribution in [0.3, 0.4) is 0 Å². The number of aliphatic hydroxyl groups is 2. The van der Waals surface area contributed by atoms with Crippen molar-refractivity contribution in [2.45, 2.75) is 142 Å². The lowest BCUT2D eigenvalue weighted by atomic mass is 9.76. The number of carbonyl (C=O) groups excluding carboxylic acids is 2. The van der Waals surface area contributed by atoms with Gasteiger partial charge >= 0.3 is 11.9 Å². The normalized spacial score (nSPS) is 43.1. The molecule has 12 heteroatoms. The highest BCUT2D eigenvalue weighted by Gasteiger charge is 2.52. The summed E-state index contributed by atoms with van der Waals surface area (Å²) in [7, 11) is 3.82. The Labute approximate surface area is 280 Å². The van der Waals surface area contributed by atoms with Gasteiger partial charge in [-0.1, -0.05) is 32.9 Å². The number of carbonyl (C=O) groups is 2. The van der Waals surface area contributed by atoms with E-state index >= 15 is 0 Å². The highest BCUT2D eigenvalue weighted by molar-refractivity contribution is 5.73. The van der Waals surface area contributed by atoms with Crippen molar-refractivity contribution in [3.8, 4) is 0 Å². The van der Waals surface area contributed by atoms with Gasteiger partial charge in [0.05, 0.1) is 55.2 Å². The fourth-order valence-electron chi connectivity index (χ4n) is 7.50. The van der Waals surface area contributed by atoms with E-state index in [0.717, 1.165) is 5.57 Å². The fourth-order valence-corrected chi connectivity index (χ4v) is 7.50. The molecule has 3 aliphatic heterocycles. The van der Waals surface area contributed by atoms with Crippen molar-refractivity contribution < 1.29 is 48.2 Å². The van der Waals surface area contributed by atoms with Gasteiger partial charge in [-0.3, -0.25) is 9.59 Å². The van der Waals surface area contributed by atoms with Crippen LogP contribution in [0.15, 0.2) is 23.4 Å². The molecule has 3 rings (SSSR count). The van der Waals surface area contributed by atoms with Crippen molar-refractivity contribution in [1.29, 1.82) is 0 Å². The molecule has 0 aromatic rings. The number of rotatable bonds is 5. The Morgan fingerprint density at radius 2 is 1.79 bits per heavy atom. The Hall–Kier alpha value is -2.06. The molecule has 0 amide bonds. The summed E-state index contributed by atoms with van der Waals surface area (Å²) in [6, 6.07) is -0.215. The summed E-state index contributed by atoms with van der Waals surface area (Å²) < 4.78 is 38.0. The molecule has 0 radical (unpaired) electrons. The number of fused-ring (bicyclic) bond motifs is 4. The second-order valence-electron chi connectivity index (χ2n) is 14.7. The number of esters is 2. The summed E-state index contributed by atoms with van der Waals surface area (Å²) in [6.45, 7) is 20.0. The van der Waals surface area contributed by atoms with Crippen LogP contribution in [0.1, 0.15) is 81.6 Å². The van der Waals surface area contributed by atoms with Crippen LogP contribution in [-0.2, 0) is 38.0 Å². The van der Waals surface area contributed by atoms with Crippen LogP contribution < -0.4 is 5.73 Å². The summed E-state index contributed by atoms with van der Waals surface area (Å²) in [6.07, 6.45) is -4.89. The van der Waals surface area contributed by atoms with E-state index in [0.29, 0.717) is 24.1 Å². The second-order valence-corrected chi connectivity index (χ2v) is 14.7. The molecular formula is C35H60N2O10. The Bertz CT molecular complexity index is 1160. The molecule has 12 nitrogen and oxygen atoms in total. The number of cyclic esters (lactones) is 1. The first-order chi connectivity index (χ1) is 21.7. The number of nitrogens with zero attached hydrogens (tertiary/aromatic N) is 1. The molecule has 2 bridgehead atoms. The summed E-state index contributed by atoms with van der Waals surface area (Å²) in [5.41, 5.74) is 5.92. The van der Waals surface area contributed by atoms with Crippen molar-refractivity contribution in [3.05, 3.63) is 23.4 Å². The Kier molecular flexibility index (Phi) is 13.1. The predicted molar refractivity (Wildman–Crippen MR) is 176 cm³/mol. The SMILES string of the molecule is C=C1CO[C@@H]2[C@@H](C)C(N)=C(C)C[C@@](C)(OC1)[C@H](O[C@@H]1O[C@H](C)C[C@H](N(C)C)[C@H]1OC(C)=O)[C@@H](C)[C@H](O)[C@@H](C)C(=O)O[C@H](CC)[C@@]2(C)O. The molecule has 0 aromatic carbocycles. The summed E-state index contributed by atoms with van der Waals surface area (Å²) in [4.78, 5) is 28.0. The van der Waals surface area contributed by atoms with E-state index in [-0.39, 0.29) is 31.8 Å². The molecule has 3 aliphatic rings. The van der Waals surface area contributed by atoms with E-state index in [1.54, 1.807) is 20.8 Å². The number of nitrogens with two attached hydrogens (primary N) is 1. The van der Waals surface area contributed by atoms with Gasteiger partial charge in [0.2, 0.25) is 0 Å². The lowest BCUT2D eigenvalue weighted by Gasteiger charge is -2.48. The Morgan fingerprint density at radius 3 is 2.36 bits per heavy atom. The van der Waals surface area contributed by atoms with Gasteiger partial charge in [-0.2, -0.15) is 0 Å². The van der Waals surface area contributed by atoms with Crippen molar-refractivity contribution in [3.63, 3.8) is 0 Å². The molecule has 47 heavy (non-hydrogen) atoms. The lowest BCUT2D eigenvalue weighted by molar-refractivity contribution is -0.303. The number of ether oxygens (including phenoxy) is 6. The topological polar surface area (TPSA) is 159 Å². The number of hydrogen-bond donors (Lipinski definition) is 3. The van der Waals surface area contributed by atoms with Gasteiger partial charge in [0.25, 0.3) is 0 Å². The van der Waals surface area contributed by atoms with Crippen LogP contribution in [0, 0.1) is 17.8 Å². The summed E-state index contributed by atoms with van der Waals surface area (Å²) >= 11 is 0. The highest BCUT2D eigenvalue weighted by atomic mass is 16.7. The van der Waals surface area contributed by atoms with Crippen molar-refractivity contribution in [2.75, 3.05) is 27.3 Å². The van der Waals surface area contributed by atoms with Crippen LogP contribution in [0.2, 0.25) is 0 Å². The van der Waals surface area contributed by atoms with Crippen molar-refractivity contribution in [2.24, 2.45) is 23.5 Å². The minimum absolute atomic E-state index is 0.0559. The van der Waals surface area contributed by atoms with E-state index < -0.39 is 77.7 Å². The first-order valence-corrected chi connectivity index (χ1v) is 16.9. The quantitative estimate of drug-likeness (QED) is 0.291. The predicted octanol–water partition coefficient (Wildman–Crippen LogP) is 3.08. The van der Waals surface area contributed by atoms with Gasteiger partial charge in [-0.05, 0) is 67.1 Å². The number of likely N-dealkylation sites (N-methyl/N-ethyl adjacent to an activating group) is 1. The molecule has 3 heterocycles. The molecule has 270 valence electrons. The molecule has 0 saturated carbocycles. The second kappa shape index (κ2) is 15.7. The molecule has 0 aliphatic carbocycles. The minimum Gasteiger partial charge on any atom is -0.459 e. The van der Waals surface area contributed by atoms with Gasteiger partial charge in [-0.25, -0.2) is 0 Å². The first kappa shape index (κ1) is 39.4. The standard InChI is InChI=1S/C35H60N2O10/c1-13-26-35(10,41)31-21(5)27(36)19(3)15-34(9,43-17-18(2)16-42-31)30(22(6)28(39)23(7)32(40)46-26)47-33-29(45-24(8)38)25(37(11)12)14-20(4)44-33/h20-23,25-26,28-31,33,39,41H,2,13-17,36H2,1,3-12H3/t20-,21+,22+,23-,25+,26-,28+,29-,30-,31-,33+,34-,35-/m1/s1. The zero-order valence-electron chi connectivity index (χ0n) is 30.3. The van der Waals surface area contributed by atoms with E-state index in [2.05, 4.69) is 6.58 Å². The molecule has 1 saturated heterocycles. The summed E-state index contributed by atoms with van der Waals surface area (Å²) in [5.74, 6) is -3.39. The Morgan fingerprint density at radius 1 is 1.15 bits per heavy atom. The van der Waals surface area contributed by atoms with Gasteiger partial charge in [0.1, 0.15) is 11.7 Å². The van der Waals surface area contributed by atoms with E-state index in [1.165, 1.54) is 6.92 Å². The maximum atomic E-state index is 13.6. The smallest absolute Gasteiger partial charge is 0.311 e. The minimum atomic E-state index is -1.64. The molecule has 4 N–H and O–H groups in total. The molecule has 13 atom stereocenters. The van der Waals surface area contributed by atoms with Crippen molar-refractivity contribution in [1.82, 2.24) is 4.90 Å². The maximum Gasteiger partial charge on any atom is 0.311 e. The van der Waals surface area contributed by atoms with Crippen molar-refractivity contribution >= 4 is 11.9 Å². The average molecular weight is 669 g/mol. The van der Waals surface area contributed by atoms with Crippen LogP contribution in [-0.4, -0.2) is 115 Å². The van der Waals surface area contributed by atoms with Gasteiger partial charge in [0, 0.05) is 30.9 Å². The molecule has 0 spiro atoms. The van der Waals surface area contributed by atoms with Crippen LogP contribution in [0.5, 0.6) is 0 Å². The highest BCUT2D eigenvalue weighted by Crippen LogP contribution is 2.41. The third-order valence-corrected chi connectivity index (χ3v) is 10.3. The first-order valence-electron chi connectivity index (χ1n) is 16.9. The van der Waals surface area contributed by atoms with E-state index in [9.17, 15) is 19.8 Å². The monoisotopic (exact) mass is 668 g/mol. The van der Waals surface area contributed by atoms with Gasteiger partial charge < -0.3 is 49.3 Å². The van der Waals surface area contributed by atoms with Crippen LogP contribution in [0.25, 0.3) is 0 Å². The zero-order valence-corrected chi connectivity index (χ0v) is 30.3. The number of hydrogen-bond acceptors (Lipinski definition) is 12. The molecule has 1 fully saturated rings. The fraction of sp³-hybridized carbons (Fsp3) is 0.829. The molecule has 0 aromatic heterocycles. The third kappa shape index (κ3) is 8.76. The van der Waals surface area contributed by atoms with Crippen LogP contribution in [0.4, 0.5) is 0 Å². The largest absolute Gasteiger partial charge is 0.459 e. The third-order valence-electron chi connectivity index (χ3n) is 10.3. The van der Waals surface area contributed by atoms with E-state index in [4.69, 9.17) is 34.2 Å². The molecular weight excluding hydrogens is 608 g/mol. The van der Waals surface area contributed by atoms with Gasteiger partial charge in [0.15, 0.2) is 12.4 Å². The molecule has 0 unspecified atom stereocenters. The summed E-state index contributed by atoms with van der Waals surface area (Å²) in [5, 5.41) is 23.8. The van der Waals surface area contributed by atoms with E-state index in [1.807, 2.05) is 53.6 Å². The Balaban J connectivity index is 2.26. The maximum absolute atomic E-state index is 13.6. The zero-order chi connectivity index (χ0) is 35.6. The van der Waals surface area contributed by atoms with Gasteiger partial charge in [-0.15, -0.1) is 0 Å². The average Bonchev–Trinajstić information content (AvgIpc) is 3.00. The number of aliphatic hydroxyl groups excluding tert-OH is 1. The van der Waals surface area contributed by atoms with Crippen LogP contribution >= 0.6 is 0 Å².